The summed E-state index contributed by atoms with van der Waals surface area (Å²) in [6.45, 7) is 5.52. The molecule has 4 N–H and O–H groups in total. The zero-order valence-electron chi connectivity index (χ0n) is 15.6. The molecule has 1 saturated heterocycles. The normalized spacial score (nSPS) is 23.1. The smallest absolute Gasteiger partial charge is 0.00205 e. The first kappa shape index (κ1) is 20.9. The summed E-state index contributed by atoms with van der Waals surface area (Å²) in [7, 11) is 0. The molecule has 0 aliphatic carbocycles. The van der Waals surface area contributed by atoms with Crippen LogP contribution in [-0.2, 0) is 0 Å². The summed E-state index contributed by atoms with van der Waals surface area (Å²) >= 11 is 0. The van der Waals surface area contributed by atoms with Crippen molar-refractivity contribution < 1.29 is 0 Å². The van der Waals surface area contributed by atoms with Crippen LogP contribution in [0.2, 0.25) is 0 Å². The molecule has 0 bridgehead atoms. The van der Waals surface area contributed by atoms with Crippen molar-refractivity contribution in [3.05, 3.63) is 0 Å². The largest absolute Gasteiger partial charge is 0.330 e. The molecule has 0 aromatic carbocycles. The molecule has 0 aromatic heterocycles. The van der Waals surface area contributed by atoms with Crippen molar-refractivity contribution in [2.24, 2.45) is 11.7 Å². The Morgan fingerprint density at radius 3 is 2.09 bits per heavy atom. The number of rotatable bonds is 7. The second-order valence-electron chi connectivity index (χ2n) is 7.43. The predicted molar refractivity (Wildman–Crippen MR) is 103 cm³/mol. The molecule has 0 spiro atoms. The van der Waals surface area contributed by atoms with Gasteiger partial charge in [-0.2, -0.15) is 0 Å². The molecule has 0 saturated carbocycles. The van der Waals surface area contributed by atoms with Crippen molar-refractivity contribution in [3.8, 4) is 0 Å². The molecule has 0 amide bonds. The molecule has 0 unspecified atom stereocenters. The van der Waals surface area contributed by atoms with Gasteiger partial charge in [-0.3, -0.25) is 0 Å². The Morgan fingerprint density at radius 1 is 0.783 bits per heavy atom. The SMILES string of the molecule is NCCCNCCC[C@@H]1CCCCCCCCCCCCNC1. The van der Waals surface area contributed by atoms with Gasteiger partial charge in [0, 0.05) is 0 Å². The van der Waals surface area contributed by atoms with Crippen LogP contribution < -0.4 is 16.4 Å². The molecule has 1 aliphatic rings. The fourth-order valence-electron chi connectivity index (χ4n) is 3.62. The molecule has 1 heterocycles. The third-order valence-corrected chi connectivity index (χ3v) is 5.17. The maximum Gasteiger partial charge on any atom is -0.00205 e. The van der Waals surface area contributed by atoms with Crippen LogP contribution in [-0.4, -0.2) is 32.7 Å². The van der Waals surface area contributed by atoms with E-state index in [4.69, 9.17) is 5.73 Å². The highest BCUT2D eigenvalue weighted by Crippen LogP contribution is 2.17. The molecule has 1 atom stereocenters. The average molecular weight is 326 g/mol. The maximum atomic E-state index is 5.53. The standard InChI is InChI=1S/C20H43N3/c21-15-12-18-22-17-11-14-20-13-9-7-5-3-1-2-4-6-8-10-16-23-19-20/h20,22-23H,1-19,21H2/t20-/m0/s1. The van der Waals surface area contributed by atoms with E-state index in [0.29, 0.717) is 0 Å². The molecular weight excluding hydrogens is 282 g/mol. The molecule has 3 heteroatoms. The van der Waals surface area contributed by atoms with Crippen molar-refractivity contribution in [2.45, 2.75) is 89.9 Å². The van der Waals surface area contributed by atoms with Gasteiger partial charge < -0.3 is 16.4 Å². The first-order valence-electron chi connectivity index (χ1n) is 10.5. The first-order valence-corrected chi connectivity index (χ1v) is 10.5. The summed E-state index contributed by atoms with van der Waals surface area (Å²) in [5, 5.41) is 7.25. The van der Waals surface area contributed by atoms with Crippen LogP contribution in [0.5, 0.6) is 0 Å². The zero-order valence-corrected chi connectivity index (χ0v) is 15.6. The van der Waals surface area contributed by atoms with Crippen LogP contribution in [0.3, 0.4) is 0 Å². The van der Waals surface area contributed by atoms with E-state index in [9.17, 15) is 0 Å². The van der Waals surface area contributed by atoms with Gasteiger partial charge in [-0.15, -0.1) is 0 Å². The minimum atomic E-state index is 0.805. The van der Waals surface area contributed by atoms with E-state index < -0.39 is 0 Å². The second kappa shape index (κ2) is 16.7. The van der Waals surface area contributed by atoms with Crippen LogP contribution in [0.25, 0.3) is 0 Å². The lowest BCUT2D eigenvalue weighted by atomic mass is 9.95. The van der Waals surface area contributed by atoms with Gasteiger partial charge in [-0.05, 0) is 70.7 Å². The van der Waals surface area contributed by atoms with Crippen LogP contribution >= 0.6 is 0 Å². The van der Waals surface area contributed by atoms with Gasteiger partial charge in [0.2, 0.25) is 0 Å². The monoisotopic (exact) mass is 325 g/mol. The van der Waals surface area contributed by atoms with Gasteiger partial charge in [0.25, 0.3) is 0 Å². The predicted octanol–water partition coefficient (Wildman–Crippen LogP) is 4.22. The van der Waals surface area contributed by atoms with Crippen molar-refractivity contribution in [3.63, 3.8) is 0 Å². The van der Waals surface area contributed by atoms with Crippen LogP contribution in [0.4, 0.5) is 0 Å². The van der Waals surface area contributed by atoms with E-state index >= 15 is 0 Å². The van der Waals surface area contributed by atoms with Crippen molar-refractivity contribution in [1.82, 2.24) is 10.6 Å². The summed E-state index contributed by atoms with van der Waals surface area (Å²) in [6, 6.07) is 0. The molecule has 3 nitrogen and oxygen atoms in total. The van der Waals surface area contributed by atoms with Crippen molar-refractivity contribution >= 4 is 0 Å². The minimum Gasteiger partial charge on any atom is -0.330 e. The average Bonchev–Trinajstić information content (AvgIpc) is 2.57. The zero-order chi connectivity index (χ0) is 16.4. The molecule has 0 aromatic rings. The number of nitrogens with one attached hydrogen (secondary N) is 2. The highest BCUT2D eigenvalue weighted by Gasteiger charge is 2.08. The molecule has 1 aliphatic heterocycles. The Bertz CT molecular complexity index is 217. The number of hydrogen-bond acceptors (Lipinski definition) is 3. The Labute approximate surface area is 145 Å². The Kier molecular flexibility index (Phi) is 15.2. The molecule has 23 heavy (non-hydrogen) atoms. The molecule has 138 valence electrons. The second-order valence-corrected chi connectivity index (χ2v) is 7.43. The Balaban J connectivity index is 2.15. The summed E-state index contributed by atoms with van der Waals surface area (Å²) < 4.78 is 0. The quantitative estimate of drug-likeness (QED) is 0.614. The lowest BCUT2D eigenvalue weighted by Gasteiger charge is -2.18. The summed E-state index contributed by atoms with van der Waals surface area (Å²) in [5.74, 6) is 0.886. The van der Waals surface area contributed by atoms with Gasteiger partial charge in [0.05, 0.1) is 0 Å². The van der Waals surface area contributed by atoms with Crippen molar-refractivity contribution in [1.29, 1.82) is 0 Å². The van der Waals surface area contributed by atoms with E-state index in [1.54, 1.807) is 0 Å². The molecular formula is C20H43N3. The van der Waals surface area contributed by atoms with Gasteiger partial charge in [0.1, 0.15) is 0 Å². The summed E-state index contributed by atoms with van der Waals surface area (Å²) in [5.41, 5.74) is 5.53. The number of nitrogens with two attached hydrogens (primary N) is 1. The molecule has 0 radical (unpaired) electrons. The summed E-state index contributed by atoms with van der Waals surface area (Å²) in [4.78, 5) is 0. The maximum absolute atomic E-state index is 5.53. The van der Waals surface area contributed by atoms with E-state index in [0.717, 1.165) is 32.0 Å². The van der Waals surface area contributed by atoms with Gasteiger partial charge >= 0.3 is 0 Å². The van der Waals surface area contributed by atoms with Crippen LogP contribution in [0.1, 0.15) is 89.9 Å². The fourth-order valence-corrected chi connectivity index (χ4v) is 3.62. The Hall–Kier alpha value is -0.120. The summed E-state index contributed by atoms with van der Waals surface area (Å²) in [6.07, 6.45) is 19.7. The van der Waals surface area contributed by atoms with E-state index in [1.807, 2.05) is 0 Å². The topological polar surface area (TPSA) is 50.1 Å². The van der Waals surface area contributed by atoms with Crippen molar-refractivity contribution in [2.75, 3.05) is 32.7 Å². The van der Waals surface area contributed by atoms with E-state index in [-0.39, 0.29) is 0 Å². The third kappa shape index (κ3) is 14.0. The van der Waals surface area contributed by atoms with Gasteiger partial charge in [-0.1, -0.05) is 57.8 Å². The highest BCUT2D eigenvalue weighted by atomic mass is 14.9. The van der Waals surface area contributed by atoms with E-state index in [1.165, 1.54) is 96.6 Å². The van der Waals surface area contributed by atoms with Gasteiger partial charge in [-0.25, -0.2) is 0 Å². The van der Waals surface area contributed by atoms with Crippen LogP contribution in [0, 0.1) is 5.92 Å². The fraction of sp³-hybridized carbons (Fsp3) is 1.00. The minimum absolute atomic E-state index is 0.805. The molecule has 1 fully saturated rings. The Morgan fingerprint density at radius 2 is 1.39 bits per heavy atom. The van der Waals surface area contributed by atoms with Gasteiger partial charge in [0.15, 0.2) is 0 Å². The van der Waals surface area contributed by atoms with E-state index in [2.05, 4.69) is 10.6 Å². The third-order valence-electron chi connectivity index (χ3n) is 5.17. The number of hydrogen-bond donors (Lipinski definition) is 3. The lowest BCUT2D eigenvalue weighted by molar-refractivity contribution is 0.384. The lowest BCUT2D eigenvalue weighted by Crippen LogP contribution is -2.25. The molecule has 1 rings (SSSR count). The van der Waals surface area contributed by atoms with Crippen LogP contribution in [0.15, 0.2) is 0 Å². The first-order chi connectivity index (χ1) is 11.4. The highest BCUT2D eigenvalue weighted by molar-refractivity contribution is 4.65.